The van der Waals surface area contributed by atoms with Crippen molar-refractivity contribution in [1.82, 2.24) is 0 Å². The van der Waals surface area contributed by atoms with Gasteiger partial charge in [-0.05, 0) is 19.3 Å². The van der Waals surface area contributed by atoms with Gasteiger partial charge in [-0.1, -0.05) is 52.9 Å². The summed E-state index contributed by atoms with van der Waals surface area (Å²) in [7, 11) is 0. The van der Waals surface area contributed by atoms with E-state index in [2.05, 4.69) is 20.8 Å². The maximum absolute atomic E-state index is 5.81. The van der Waals surface area contributed by atoms with Gasteiger partial charge in [0.05, 0.1) is 6.10 Å². The number of ether oxygens (including phenoxy) is 1. The molecule has 0 aliphatic heterocycles. The van der Waals surface area contributed by atoms with Crippen molar-refractivity contribution in [3.05, 3.63) is 0 Å². The number of unbranched alkanes of at least 4 members (excludes halogenated alkanes) is 4. The van der Waals surface area contributed by atoms with Crippen LogP contribution >= 0.6 is 0 Å². The van der Waals surface area contributed by atoms with Crippen LogP contribution in [0.2, 0.25) is 0 Å². The molecule has 0 bridgehead atoms. The summed E-state index contributed by atoms with van der Waals surface area (Å²) < 4.78 is 5.81. The van der Waals surface area contributed by atoms with Crippen LogP contribution in [0, 0.1) is 0 Å². The van der Waals surface area contributed by atoms with Crippen molar-refractivity contribution in [3.63, 3.8) is 0 Å². The third-order valence-electron chi connectivity index (χ3n) is 2.69. The van der Waals surface area contributed by atoms with E-state index >= 15 is 0 Å². The van der Waals surface area contributed by atoms with Crippen molar-refractivity contribution in [2.24, 2.45) is 0 Å². The fraction of sp³-hybridized carbons (Fsp3) is 1.00. The van der Waals surface area contributed by atoms with E-state index in [9.17, 15) is 0 Å². The molecule has 0 radical (unpaired) electrons. The first-order valence-corrected chi connectivity index (χ1v) is 6.46. The van der Waals surface area contributed by atoms with Gasteiger partial charge in [0.15, 0.2) is 0 Å². The van der Waals surface area contributed by atoms with Crippen LogP contribution in [-0.4, -0.2) is 12.7 Å². The Morgan fingerprint density at radius 3 is 2.14 bits per heavy atom. The van der Waals surface area contributed by atoms with Gasteiger partial charge in [0.1, 0.15) is 0 Å². The minimum Gasteiger partial charge on any atom is -0.378 e. The molecule has 1 nitrogen and oxygen atoms in total. The lowest BCUT2D eigenvalue weighted by Gasteiger charge is -2.15. The highest BCUT2D eigenvalue weighted by atomic mass is 16.5. The quantitative estimate of drug-likeness (QED) is 0.470. The molecule has 1 heteroatoms. The molecule has 0 amide bonds. The van der Waals surface area contributed by atoms with E-state index in [0.717, 1.165) is 6.61 Å². The van der Waals surface area contributed by atoms with Crippen molar-refractivity contribution in [3.8, 4) is 0 Å². The Labute approximate surface area is 90.2 Å². The lowest BCUT2D eigenvalue weighted by Crippen LogP contribution is -2.12. The van der Waals surface area contributed by atoms with Crippen LogP contribution < -0.4 is 0 Å². The average molecular weight is 200 g/mol. The molecule has 0 aliphatic carbocycles. The number of rotatable bonds is 10. The Kier molecular flexibility index (Phi) is 11.0. The molecular formula is C13H28O. The van der Waals surface area contributed by atoms with E-state index in [-0.39, 0.29) is 0 Å². The summed E-state index contributed by atoms with van der Waals surface area (Å²) in [5, 5.41) is 0. The van der Waals surface area contributed by atoms with Gasteiger partial charge in [-0.25, -0.2) is 0 Å². The van der Waals surface area contributed by atoms with E-state index in [1.807, 2.05) is 0 Å². The lowest BCUT2D eigenvalue weighted by molar-refractivity contribution is 0.0414. The van der Waals surface area contributed by atoms with Crippen LogP contribution in [0.4, 0.5) is 0 Å². The molecule has 0 aliphatic rings. The molecule has 14 heavy (non-hydrogen) atoms. The maximum atomic E-state index is 5.81. The van der Waals surface area contributed by atoms with E-state index in [4.69, 9.17) is 4.74 Å². The lowest BCUT2D eigenvalue weighted by atomic mass is 10.1. The van der Waals surface area contributed by atoms with E-state index < -0.39 is 0 Å². The largest absolute Gasteiger partial charge is 0.378 e. The molecule has 0 saturated heterocycles. The van der Waals surface area contributed by atoms with Crippen LogP contribution in [0.15, 0.2) is 0 Å². The van der Waals surface area contributed by atoms with Crippen LogP contribution in [0.5, 0.6) is 0 Å². The fourth-order valence-electron chi connectivity index (χ4n) is 1.60. The van der Waals surface area contributed by atoms with Gasteiger partial charge in [-0.15, -0.1) is 0 Å². The number of hydrogen-bond acceptors (Lipinski definition) is 1. The first kappa shape index (κ1) is 14.0. The Morgan fingerprint density at radius 2 is 1.57 bits per heavy atom. The summed E-state index contributed by atoms with van der Waals surface area (Å²) in [4.78, 5) is 0. The summed E-state index contributed by atoms with van der Waals surface area (Å²) in [6.07, 6.45) is 10.9. The fourth-order valence-corrected chi connectivity index (χ4v) is 1.60. The number of hydrogen-bond donors (Lipinski definition) is 0. The standard InChI is InChI=1S/C13H28O/c1-4-7-9-10-11-13(6-3)14-12-8-5-2/h13H,4-12H2,1-3H3. The van der Waals surface area contributed by atoms with Gasteiger partial charge in [0.2, 0.25) is 0 Å². The predicted molar refractivity (Wildman–Crippen MR) is 63.7 cm³/mol. The second-order valence-electron chi connectivity index (χ2n) is 4.10. The summed E-state index contributed by atoms with van der Waals surface area (Å²) in [6, 6.07) is 0. The first-order chi connectivity index (χ1) is 6.85. The third kappa shape index (κ3) is 8.55. The minimum absolute atomic E-state index is 0.526. The molecule has 0 spiro atoms. The zero-order valence-electron chi connectivity index (χ0n) is 10.3. The Bertz CT molecular complexity index is 101. The van der Waals surface area contributed by atoms with Crippen molar-refractivity contribution in [1.29, 1.82) is 0 Å². The average Bonchev–Trinajstić information content (AvgIpc) is 2.22. The molecule has 0 heterocycles. The van der Waals surface area contributed by atoms with Gasteiger partial charge in [0, 0.05) is 6.61 Å². The summed E-state index contributed by atoms with van der Waals surface area (Å²) in [5.41, 5.74) is 0. The monoisotopic (exact) mass is 200 g/mol. The SMILES string of the molecule is CCCCCCC(CC)OCCCC. The van der Waals surface area contributed by atoms with Crippen molar-refractivity contribution >= 4 is 0 Å². The normalized spacial score (nSPS) is 13.1. The molecule has 0 rings (SSSR count). The minimum atomic E-state index is 0.526. The molecule has 1 atom stereocenters. The Hall–Kier alpha value is -0.0400. The van der Waals surface area contributed by atoms with Gasteiger partial charge in [-0.2, -0.15) is 0 Å². The van der Waals surface area contributed by atoms with Gasteiger partial charge in [0.25, 0.3) is 0 Å². The smallest absolute Gasteiger partial charge is 0.0572 e. The Balaban J connectivity index is 3.28. The zero-order valence-corrected chi connectivity index (χ0v) is 10.3. The summed E-state index contributed by atoms with van der Waals surface area (Å²) in [5.74, 6) is 0. The van der Waals surface area contributed by atoms with E-state index in [0.29, 0.717) is 6.10 Å². The Morgan fingerprint density at radius 1 is 0.857 bits per heavy atom. The second kappa shape index (κ2) is 11.0. The van der Waals surface area contributed by atoms with Crippen LogP contribution in [-0.2, 0) is 4.74 Å². The predicted octanol–water partition coefficient (Wildman–Crippen LogP) is 4.55. The molecule has 0 saturated carbocycles. The third-order valence-corrected chi connectivity index (χ3v) is 2.69. The molecule has 0 aromatic rings. The van der Waals surface area contributed by atoms with E-state index in [1.165, 1.54) is 51.4 Å². The summed E-state index contributed by atoms with van der Waals surface area (Å²) >= 11 is 0. The maximum Gasteiger partial charge on any atom is 0.0572 e. The molecule has 0 N–H and O–H groups in total. The topological polar surface area (TPSA) is 9.23 Å². The van der Waals surface area contributed by atoms with Crippen molar-refractivity contribution in [2.45, 2.75) is 78.2 Å². The molecule has 1 unspecified atom stereocenters. The summed E-state index contributed by atoms with van der Waals surface area (Å²) in [6.45, 7) is 7.67. The van der Waals surface area contributed by atoms with Crippen LogP contribution in [0.1, 0.15) is 72.1 Å². The van der Waals surface area contributed by atoms with Crippen molar-refractivity contribution in [2.75, 3.05) is 6.61 Å². The van der Waals surface area contributed by atoms with Crippen LogP contribution in [0.3, 0.4) is 0 Å². The second-order valence-corrected chi connectivity index (χ2v) is 4.10. The highest BCUT2D eigenvalue weighted by molar-refractivity contribution is 4.56. The van der Waals surface area contributed by atoms with Gasteiger partial charge < -0.3 is 4.74 Å². The first-order valence-electron chi connectivity index (χ1n) is 6.46. The molecule has 0 fully saturated rings. The highest BCUT2D eigenvalue weighted by Gasteiger charge is 2.05. The van der Waals surface area contributed by atoms with E-state index in [1.54, 1.807) is 0 Å². The van der Waals surface area contributed by atoms with Crippen molar-refractivity contribution < 1.29 is 4.74 Å². The highest BCUT2D eigenvalue weighted by Crippen LogP contribution is 2.11. The molecular weight excluding hydrogens is 172 g/mol. The molecule has 86 valence electrons. The molecule has 0 aromatic heterocycles. The molecule has 0 aromatic carbocycles. The van der Waals surface area contributed by atoms with Gasteiger partial charge in [-0.3, -0.25) is 0 Å². The van der Waals surface area contributed by atoms with Gasteiger partial charge >= 0.3 is 0 Å². The van der Waals surface area contributed by atoms with Crippen LogP contribution in [0.25, 0.3) is 0 Å². The zero-order chi connectivity index (χ0) is 10.6.